The van der Waals surface area contributed by atoms with Gasteiger partial charge in [-0.05, 0) is 50.1 Å². The normalized spacial score (nSPS) is 26.5. The average Bonchev–Trinajstić information content (AvgIpc) is 2.45. The molecule has 1 saturated carbocycles. The minimum atomic E-state index is -3.40. The molecule has 0 heterocycles. The van der Waals surface area contributed by atoms with E-state index in [0.717, 1.165) is 24.9 Å². The Hall–Kier alpha value is -1.11. The van der Waals surface area contributed by atoms with Gasteiger partial charge >= 0.3 is 0 Å². The Kier molecular flexibility index (Phi) is 4.91. The zero-order valence-electron chi connectivity index (χ0n) is 12.6. The smallest absolute Gasteiger partial charge is 0.240 e. The molecule has 118 valence electrons. The number of rotatable bonds is 5. The maximum absolute atomic E-state index is 11.6. The van der Waals surface area contributed by atoms with Gasteiger partial charge in [0.25, 0.3) is 0 Å². The summed E-state index contributed by atoms with van der Waals surface area (Å²) in [6.07, 6.45) is 3.86. The lowest BCUT2D eigenvalue weighted by molar-refractivity contribution is -0.000763. The third-order valence-corrected chi connectivity index (χ3v) is 5.55. The average molecular weight is 312 g/mol. The zero-order valence-corrected chi connectivity index (χ0v) is 13.4. The van der Waals surface area contributed by atoms with Gasteiger partial charge in [-0.2, -0.15) is 0 Å². The zero-order chi connectivity index (χ0) is 15.5. The van der Waals surface area contributed by atoms with Crippen LogP contribution in [0.3, 0.4) is 0 Å². The number of aliphatic hydroxyl groups is 1. The molecule has 0 spiro atoms. The summed E-state index contributed by atoms with van der Waals surface area (Å²) in [5, 5.41) is 13.8. The number of hydrogen-bond donors (Lipinski definition) is 3. The van der Waals surface area contributed by atoms with Gasteiger partial charge in [0.1, 0.15) is 0 Å². The summed E-state index contributed by atoms with van der Waals surface area (Å²) < 4.78 is 25.5. The molecule has 1 aliphatic carbocycles. The van der Waals surface area contributed by atoms with Crippen LogP contribution < -0.4 is 10.0 Å². The van der Waals surface area contributed by atoms with Crippen molar-refractivity contribution in [3.05, 3.63) is 24.3 Å². The van der Waals surface area contributed by atoms with Crippen LogP contribution in [0.5, 0.6) is 0 Å². The minimum absolute atomic E-state index is 0.237. The van der Waals surface area contributed by atoms with Crippen molar-refractivity contribution in [3.8, 4) is 0 Å². The Balaban J connectivity index is 1.98. The van der Waals surface area contributed by atoms with Crippen molar-refractivity contribution in [1.29, 1.82) is 0 Å². The minimum Gasteiger partial charge on any atom is -0.388 e. The number of nitrogens with one attached hydrogen (secondary N) is 2. The fourth-order valence-electron chi connectivity index (χ4n) is 2.93. The predicted molar refractivity (Wildman–Crippen MR) is 83.8 cm³/mol. The van der Waals surface area contributed by atoms with Crippen molar-refractivity contribution in [2.45, 2.75) is 43.1 Å². The van der Waals surface area contributed by atoms with E-state index in [0.29, 0.717) is 12.5 Å². The molecule has 0 bridgehead atoms. The van der Waals surface area contributed by atoms with Gasteiger partial charge in [-0.25, -0.2) is 13.1 Å². The van der Waals surface area contributed by atoms with Crippen molar-refractivity contribution in [3.63, 3.8) is 0 Å². The molecular formula is C15H24N2O3S. The molecule has 0 amide bonds. The van der Waals surface area contributed by atoms with Gasteiger partial charge in [-0.15, -0.1) is 0 Å². The molecule has 1 aromatic rings. The maximum Gasteiger partial charge on any atom is 0.240 e. The first-order valence-corrected chi connectivity index (χ1v) is 8.83. The highest BCUT2D eigenvalue weighted by Crippen LogP contribution is 2.32. The van der Waals surface area contributed by atoms with Crippen molar-refractivity contribution < 1.29 is 13.5 Å². The fraction of sp³-hybridized carbons (Fsp3) is 0.600. The van der Waals surface area contributed by atoms with E-state index < -0.39 is 15.6 Å². The fourth-order valence-corrected chi connectivity index (χ4v) is 3.66. The molecule has 0 radical (unpaired) electrons. The van der Waals surface area contributed by atoms with Crippen LogP contribution in [0.2, 0.25) is 0 Å². The van der Waals surface area contributed by atoms with Crippen molar-refractivity contribution in [1.82, 2.24) is 4.72 Å². The van der Waals surface area contributed by atoms with Gasteiger partial charge in [-0.1, -0.05) is 19.8 Å². The van der Waals surface area contributed by atoms with E-state index in [9.17, 15) is 13.5 Å². The van der Waals surface area contributed by atoms with Crippen LogP contribution in [0.1, 0.15) is 32.6 Å². The Morgan fingerprint density at radius 3 is 2.57 bits per heavy atom. The molecule has 1 aliphatic rings. The third kappa shape index (κ3) is 4.18. The summed E-state index contributed by atoms with van der Waals surface area (Å²) in [7, 11) is -2.01. The van der Waals surface area contributed by atoms with Crippen LogP contribution in [-0.4, -0.2) is 32.7 Å². The number of benzene rings is 1. The Morgan fingerprint density at radius 1 is 1.33 bits per heavy atom. The topological polar surface area (TPSA) is 78.4 Å². The first kappa shape index (κ1) is 16.3. The van der Waals surface area contributed by atoms with Gasteiger partial charge < -0.3 is 10.4 Å². The highest BCUT2D eigenvalue weighted by Gasteiger charge is 2.32. The maximum atomic E-state index is 11.6. The summed E-state index contributed by atoms with van der Waals surface area (Å²) in [6, 6.07) is 6.56. The van der Waals surface area contributed by atoms with E-state index in [1.54, 1.807) is 24.3 Å². The quantitative estimate of drug-likeness (QED) is 0.776. The molecule has 1 fully saturated rings. The first-order valence-electron chi connectivity index (χ1n) is 7.34. The van der Waals surface area contributed by atoms with E-state index >= 15 is 0 Å². The predicted octanol–water partition coefficient (Wildman–Crippen LogP) is 1.95. The van der Waals surface area contributed by atoms with Crippen LogP contribution in [0.25, 0.3) is 0 Å². The first-order chi connectivity index (χ1) is 9.85. The Labute approximate surface area is 126 Å². The second-order valence-corrected chi connectivity index (χ2v) is 7.90. The largest absolute Gasteiger partial charge is 0.388 e. The molecule has 0 aromatic heterocycles. The molecule has 0 saturated heterocycles. The van der Waals surface area contributed by atoms with Crippen LogP contribution in [0.4, 0.5) is 5.69 Å². The molecule has 2 rings (SSSR count). The van der Waals surface area contributed by atoms with Crippen LogP contribution >= 0.6 is 0 Å². The Morgan fingerprint density at radius 2 is 2.00 bits per heavy atom. The molecule has 5 nitrogen and oxygen atoms in total. The molecule has 6 heteroatoms. The monoisotopic (exact) mass is 312 g/mol. The van der Waals surface area contributed by atoms with Crippen molar-refractivity contribution in [2.75, 3.05) is 18.9 Å². The number of anilines is 1. The third-order valence-electron chi connectivity index (χ3n) is 4.12. The van der Waals surface area contributed by atoms with Gasteiger partial charge in [0, 0.05) is 12.2 Å². The van der Waals surface area contributed by atoms with Gasteiger partial charge in [-0.3, -0.25) is 0 Å². The second kappa shape index (κ2) is 6.34. The summed E-state index contributed by atoms with van der Waals surface area (Å²) >= 11 is 0. The van der Waals surface area contributed by atoms with Gasteiger partial charge in [0.15, 0.2) is 0 Å². The molecule has 21 heavy (non-hydrogen) atoms. The van der Waals surface area contributed by atoms with E-state index in [-0.39, 0.29) is 4.90 Å². The van der Waals surface area contributed by atoms with Crippen molar-refractivity contribution in [2.24, 2.45) is 5.92 Å². The van der Waals surface area contributed by atoms with E-state index in [1.165, 1.54) is 13.5 Å². The lowest BCUT2D eigenvalue weighted by Crippen LogP contribution is -2.41. The summed E-state index contributed by atoms with van der Waals surface area (Å²) in [6.45, 7) is 2.66. The summed E-state index contributed by atoms with van der Waals surface area (Å²) in [5.41, 5.74) is 0.157. The molecule has 2 atom stereocenters. The van der Waals surface area contributed by atoms with Crippen LogP contribution in [0.15, 0.2) is 29.2 Å². The molecule has 2 unspecified atom stereocenters. The van der Waals surface area contributed by atoms with Crippen LogP contribution in [-0.2, 0) is 10.0 Å². The van der Waals surface area contributed by atoms with E-state index in [2.05, 4.69) is 17.0 Å². The molecule has 0 aliphatic heterocycles. The molecule has 3 N–H and O–H groups in total. The van der Waals surface area contributed by atoms with E-state index in [4.69, 9.17) is 0 Å². The molecule has 1 aromatic carbocycles. The highest BCUT2D eigenvalue weighted by atomic mass is 32.2. The van der Waals surface area contributed by atoms with Gasteiger partial charge in [0.05, 0.1) is 10.5 Å². The van der Waals surface area contributed by atoms with Gasteiger partial charge in [0.2, 0.25) is 10.0 Å². The highest BCUT2D eigenvalue weighted by molar-refractivity contribution is 7.89. The second-order valence-electron chi connectivity index (χ2n) is 6.01. The standard InChI is InChI=1S/C15H24N2O3S/c1-12-4-3-9-15(18,10-12)11-17-13-5-7-14(8-6-13)21(19,20)16-2/h5-8,12,16-18H,3-4,9-11H2,1-2H3. The number of sulfonamides is 1. The summed E-state index contributed by atoms with van der Waals surface area (Å²) in [5.74, 6) is 0.550. The lowest BCUT2D eigenvalue weighted by atomic mass is 9.79. The number of hydrogen-bond acceptors (Lipinski definition) is 4. The molecular weight excluding hydrogens is 288 g/mol. The SMILES string of the molecule is CNS(=O)(=O)c1ccc(NCC2(O)CCCC(C)C2)cc1. The lowest BCUT2D eigenvalue weighted by Gasteiger charge is -2.35. The van der Waals surface area contributed by atoms with Crippen LogP contribution in [0, 0.1) is 5.92 Å². The van der Waals surface area contributed by atoms with E-state index in [1.807, 2.05) is 0 Å². The van der Waals surface area contributed by atoms with Crippen molar-refractivity contribution >= 4 is 15.7 Å². The Bertz CT molecular complexity index is 571. The summed E-state index contributed by atoms with van der Waals surface area (Å²) in [4.78, 5) is 0.237.